The monoisotopic (exact) mass is 283 g/mol. The van der Waals surface area contributed by atoms with Crippen LogP contribution in [-0.4, -0.2) is 16.3 Å². The minimum absolute atomic E-state index is 0.761. The summed E-state index contributed by atoms with van der Waals surface area (Å²) >= 11 is 6.22. The topological polar surface area (TPSA) is 29.9 Å². The van der Waals surface area contributed by atoms with Gasteiger partial charge in [-0.05, 0) is 31.7 Å². The molecule has 0 saturated heterocycles. The van der Waals surface area contributed by atoms with Crippen LogP contribution in [0.4, 0.5) is 0 Å². The molecule has 1 aliphatic carbocycles. The average molecular weight is 284 g/mol. The Bertz CT molecular complexity index is 406. The maximum Gasteiger partial charge on any atom is 0.131 e. The van der Waals surface area contributed by atoms with E-state index in [0.717, 1.165) is 41.3 Å². The van der Waals surface area contributed by atoms with Crippen LogP contribution in [0.5, 0.6) is 0 Å². The molecule has 0 radical (unpaired) electrons. The van der Waals surface area contributed by atoms with Gasteiger partial charge in [0, 0.05) is 19.2 Å². The molecule has 0 aromatic carbocycles. The van der Waals surface area contributed by atoms with Gasteiger partial charge in [0.05, 0.1) is 5.69 Å². The molecule has 1 aliphatic rings. The van der Waals surface area contributed by atoms with Crippen molar-refractivity contribution in [2.75, 3.05) is 6.54 Å². The van der Waals surface area contributed by atoms with Crippen LogP contribution in [-0.2, 0) is 13.6 Å². The van der Waals surface area contributed by atoms with Gasteiger partial charge in [0.1, 0.15) is 5.15 Å². The smallest absolute Gasteiger partial charge is 0.131 e. The van der Waals surface area contributed by atoms with Crippen LogP contribution in [0.2, 0.25) is 5.15 Å². The molecule has 1 heterocycles. The van der Waals surface area contributed by atoms with Gasteiger partial charge in [0.25, 0.3) is 0 Å². The van der Waals surface area contributed by atoms with Gasteiger partial charge in [-0.1, -0.05) is 44.2 Å². The third-order valence-electron chi connectivity index (χ3n) is 4.44. The van der Waals surface area contributed by atoms with Gasteiger partial charge in [-0.25, -0.2) is 0 Å². The second-order valence-corrected chi connectivity index (χ2v) is 6.43. The Morgan fingerprint density at radius 1 is 1.32 bits per heavy atom. The first-order valence-corrected chi connectivity index (χ1v) is 7.84. The van der Waals surface area contributed by atoms with E-state index in [9.17, 15) is 0 Å². The molecule has 0 atom stereocenters. The van der Waals surface area contributed by atoms with E-state index < -0.39 is 0 Å². The molecule has 0 bridgehead atoms. The molecule has 19 heavy (non-hydrogen) atoms. The maximum absolute atomic E-state index is 6.22. The van der Waals surface area contributed by atoms with Crippen LogP contribution in [0, 0.1) is 18.8 Å². The van der Waals surface area contributed by atoms with E-state index in [4.69, 9.17) is 11.6 Å². The summed E-state index contributed by atoms with van der Waals surface area (Å²) in [5.41, 5.74) is 2.17. The lowest BCUT2D eigenvalue weighted by Crippen LogP contribution is -2.20. The zero-order chi connectivity index (χ0) is 13.8. The molecule has 0 amide bonds. The molecule has 1 N–H and O–H groups in total. The van der Waals surface area contributed by atoms with E-state index in [1.165, 1.54) is 32.1 Å². The molecule has 4 heteroatoms. The number of hydrogen-bond donors (Lipinski definition) is 1. The number of halogens is 1. The lowest BCUT2D eigenvalue weighted by Gasteiger charge is -2.26. The highest BCUT2D eigenvalue weighted by Gasteiger charge is 2.17. The van der Waals surface area contributed by atoms with Gasteiger partial charge in [-0.2, -0.15) is 5.10 Å². The van der Waals surface area contributed by atoms with E-state index >= 15 is 0 Å². The molecule has 2 rings (SSSR count). The summed E-state index contributed by atoms with van der Waals surface area (Å²) in [6, 6.07) is 0. The van der Waals surface area contributed by atoms with Crippen LogP contribution in [0.1, 0.15) is 50.3 Å². The fourth-order valence-electron chi connectivity index (χ4n) is 3.01. The molecule has 108 valence electrons. The van der Waals surface area contributed by atoms with E-state index in [0.29, 0.717) is 0 Å². The minimum Gasteiger partial charge on any atom is -0.312 e. The second-order valence-electron chi connectivity index (χ2n) is 6.07. The lowest BCUT2D eigenvalue weighted by molar-refractivity contribution is 0.275. The highest BCUT2D eigenvalue weighted by atomic mass is 35.5. The average Bonchev–Trinajstić information content (AvgIpc) is 2.62. The van der Waals surface area contributed by atoms with Crippen molar-refractivity contribution in [2.45, 2.75) is 52.5 Å². The first kappa shape index (κ1) is 14.9. The highest BCUT2D eigenvalue weighted by molar-refractivity contribution is 6.30. The van der Waals surface area contributed by atoms with Gasteiger partial charge >= 0.3 is 0 Å². The first-order chi connectivity index (χ1) is 9.08. The summed E-state index contributed by atoms with van der Waals surface area (Å²) in [6.45, 7) is 6.32. The van der Waals surface area contributed by atoms with E-state index in [1.54, 1.807) is 4.68 Å². The van der Waals surface area contributed by atoms with Crippen LogP contribution in [0.15, 0.2) is 0 Å². The van der Waals surface area contributed by atoms with Crippen LogP contribution in [0.25, 0.3) is 0 Å². The molecule has 0 aliphatic heterocycles. The van der Waals surface area contributed by atoms with E-state index in [2.05, 4.69) is 17.3 Å². The van der Waals surface area contributed by atoms with E-state index in [1.807, 2.05) is 14.0 Å². The van der Waals surface area contributed by atoms with Crippen molar-refractivity contribution in [1.29, 1.82) is 0 Å². The van der Waals surface area contributed by atoms with Crippen LogP contribution >= 0.6 is 11.6 Å². The number of nitrogens with one attached hydrogen (secondary N) is 1. The third kappa shape index (κ3) is 3.96. The summed E-state index contributed by atoms with van der Waals surface area (Å²) < 4.78 is 1.75. The minimum atomic E-state index is 0.761. The molecule has 0 unspecified atom stereocenters. The van der Waals surface area contributed by atoms with Crippen molar-refractivity contribution < 1.29 is 0 Å². The van der Waals surface area contributed by atoms with E-state index in [-0.39, 0.29) is 0 Å². The largest absolute Gasteiger partial charge is 0.312 e. The predicted molar refractivity (Wildman–Crippen MR) is 80.4 cm³/mol. The maximum atomic E-state index is 6.22. The number of aryl methyl sites for hydroxylation is 2. The zero-order valence-electron chi connectivity index (χ0n) is 12.4. The van der Waals surface area contributed by atoms with Gasteiger partial charge in [0.15, 0.2) is 0 Å². The fraction of sp³-hybridized carbons (Fsp3) is 0.800. The zero-order valence-corrected chi connectivity index (χ0v) is 13.1. The normalized spacial score (nSPS) is 23.8. The Hall–Kier alpha value is -0.540. The van der Waals surface area contributed by atoms with Crippen molar-refractivity contribution in [3.8, 4) is 0 Å². The summed E-state index contributed by atoms with van der Waals surface area (Å²) in [5, 5.41) is 8.61. The number of aromatic nitrogens is 2. The Labute approximate surface area is 121 Å². The standard InChI is InChI=1S/C15H26ClN3/c1-11-4-6-13(7-5-11)8-9-17-10-14-12(2)18-19(3)15(14)16/h11,13,17H,4-10H2,1-3H3. The molecule has 3 nitrogen and oxygen atoms in total. The van der Waals surface area contributed by atoms with Crippen molar-refractivity contribution in [1.82, 2.24) is 15.1 Å². The number of rotatable bonds is 5. The Morgan fingerprint density at radius 2 is 2.00 bits per heavy atom. The summed E-state index contributed by atoms with van der Waals surface area (Å²) in [6.07, 6.45) is 6.95. The Balaban J connectivity index is 1.69. The highest BCUT2D eigenvalue weighted by Crippen LogP contribution is 2.30. The fourth-order valence-corrected chi connectivity index (χ4v) is 3.25. The summed E-state index contributed by atoms with van der Waals surface area (Å²) in [7, 11) is 1.89. The van der Waals surface area contributed by atoms with Crippen molar-refractivity contribution in [2.24, 2.45) is 18.9 Å². The van der Waals surface area contributed by atoms with Crippen LogP contribution < -0.4 is 5.32 Å². The van der Waals surface area contributed by atoms with Gasteiger partial charge in [-0.3, -0.25) is 4.68 Å². The van der Waals surface area contributed by atoms with Crippen molar-refractivity contribution in [3.05, 3.63) is 16.4 Å². The second kappa shape index (κ2) is 6.76. The Morgan fingerprint density at radius 3 is 2.58 bits per heavy atom. The first-order valence-electron chi connectivity index (χ1n) is 7.46. The van der Waals surface area contributed by atoms with Gasteiger partial charge in [0.2, 0.25) is 0 Å². The Kier molecular flexibility index (Phi) is 5.28. The molecule has 1 fully saturated rings. The van der Waals surface area contributed by atoms with Crippen molar-refractivity contribution in [3.63, 3.8) is 0 Å². The molecule has 0 spiro atoms. The molecular formula is C15H26ClN3. The summed E-state index contributed by atoms with van der Waals surface area (Å²) in [5.74, 6) is 1.87. The SMILES string of the molecule is Cc1nn(C)c(Cl)c1CNCCC1CCC(C)CC1. The quantitative estimate of drug-likeness (QED) is 0.835. The molecular weight excluding hydrogens is 258 g/mol. The summed E-state index contributed by atoms with van der Waals surface area (Å²) in [4.78, 5) is 0. The number of hydrogen-bond acceptors (Lipinski definition) is 2. The molecule has 1 saturated carbocycles. The van der Waals surface area contributed by atoms with Crippen LogP contribution in [0.3, 0.4) is 0 Å². The van der Waals surface area contributed by atoms with Gasteiger partial charge < -0.3 is 5.32 Å². The molecule has 1 aromatic rings. The van der Waals surface area contributed by atoms with Gasteiger partial charge in [-0.15, -0.1) is 0 Å². The predicted octanol–water partition coefficient (Wildman–Crippen LogP) is 3.69. The number of nitrogens with zero attached hydrogens (tertiary/aromatic N) is 2. The molecule has 1 aromatic heterocycles. The third-order valence-corrected chi connectivity index (χ3v) is 4.91. The van der Waals surface area contributed by atoms with Crippen molar-refractivity contribution >= 4 is 11.6 Å². The lowest BCUT2D eigenvalue weighted by atomic mass is 9.81.